The van der Waals surface area contributed by atoms with Crippen molar-refractivity contribution in [1.29, 1.82) is 0 Å². The lowest BCUT2D eigenvalue weighted by Gasteiger charge is -2.42. The van der Waals surface area contributed by atoms with Crippen LogP contribution in [-0.4, -0.2) is 83.5 Å². The molecule has 0 aromatic carbocycles. The third-order valence-corrected chi connectivity index (χ3v) is 3.16. The molecular formula is C12H23NO8. The van der Waals surface area contributed by atoms with Crippen LogP contribution < -0.4 is 5.73 Å². The average molecular weight is 309 g/mol. The van der Waals surface area contributed by atoms with Gasteiger partial charge in [0.05, 0.1) is 32.0 Å². The Balaban J connectivity index is 2.67. The van der Waals surface area contributed by atoms with Crippen molar-refractivity contribution >= 4 is 5.97 Å². The number of aliphatic hydroxyl groups excluding tert-OH is 3. The number of nitrogens with two attached hydrogens (primary N) is 1. The third kappa shape index (κ3) is 4.85. The molecule has 0 spiro atoms. The number of ether oxygens (including phenoxy) is 3. The lowest BCUT2D eigenvalue weighted by atomic mass is 9.94. The molecule has 0 radical (unpaired) electrons. The van der Waals surface area contributed by atoms with E-state index >= 15 is 0 Å². The minimum absolute atomic E-state index is 0.0136. The zero-order valence-corrected chi connectivity index (χ0v) is 11.7. The summed E-state index contributed by atoms with van der Waals surface area (Å²) in [6.45, 7) is 0.395. The molecule has 1 fully saturated rings. The van der Waals surface area contributed by atoms with E-state index in [0.29, 0.717) is 13.2 Å². The van der Waals surface area contributed by atoms with Gasteiger partial charge in [0.2, 0.25) is 0 Å². The fourth-order valence-corrected chi connectivity index (χ4v) is 2.11. The molecule has 1 rings (SSSR count). The van der Waals surface area contributed by atoms with Crippen molar-refractivity contribution in [3.63, 3.8) is 0 Å². The van der Waals surface area contributed by atoms with Crippen LogP contribution in [0.3, 0.4) is 0 Å². The molecule has 9 heteroatoms. The maximum absolute atomic E-state index is 11.4. The average Bonchev–Trinajstić information content (AvgIpc) is 2.44. The van der Waals surface area contributed by atoms with Gasteiger partial charge in [-0.3, -0.25) is 0 Å². The highest BCUT2D eigenvalue weighted by Gasteiger charge is 2.52. The quantitative estimate of drug-likeness (QED) is 0.295. The molecular weight excluding hydrogens is 286 g/mol. The largest absolute Gasteiger partial charge is 0.477 e. The molecule has 0 amide bonds. The van der Waals surface area contributed by atoms with Gasteiger partial charge in [-0.05, 0) is 6.42 Å². The Kier molecular flexibility index (Phi) is 7.46. The summed E-state index contributed by atoms with van der Waals surface area (Å²) in [7, 11) is 0. The van der Waals surface area contributed by atoms with Crippen LogP contribution >= 0.6 is 0 Å². The minimum Gasteiger partial charge on any atom is -0.477 e. The zero-order chi connectivity index (χ0) is 15.9. The number of aliphatic carboxylic acids is 1. The summed E-state index contributed by atoms with van der Waals surface area (Å²) in [5.74, 6) is -3.47. The van der Waals surface area contributed by atoms with Crippen molar-refractivity contribution in [3.8, 4) is 0 Å². The van der Waals surface area contributed by atoms with Gasteiger partial charge in [-0.25, -0.2) is 4.79 Å². The van der Waals surface area contributed by atoms with Gasteiger partial charge in [0.25, 0.3) is 5.79 Å². The Hall–Kier alpha value is -0.810. The number of rotatable bonds is 9. The molecule has 0 aromatic rings. The second-order valence-electron chi connectivity index (χ2n) is 4.74. The van der Waals surface area contributed by atoms with Gasteiger partial charge in [0.1, 0.15) is 6.10 Å². The smallest absolute Gasteiger partial charge is 0.364 e. The van der Waals surface area contributed by atoms with Gasteiger partial charge >= 0.3 is 5.97 Å². The summed E-state index contributed by atoms with van der Waals surface area (Å²) in [6.07, 6.45) is -4.05. The molecule has 1 heterocycles. The summed E-state index contributed by atoms with van der Waals surface area (Å²) in [6, 6.07) is 0. The first kappa shape index (κ1) is 18.2. The Bertz CT molecular complexity index is 328. The molecule has 124 valence electrons. The Morgan fingerprint density at radius 1 is 1.33 bits per heavy atom. The van der Waals surface area contributed by atoms with Crippen molar-refractivity contribution in [3.05, 3.63) is 0 Å². The lowest BCUT2D eigenvalue weighted by molar-refractivity contribution is -0.313. The SMILES string of the molecule is NCCOCCO[C@]1(C(=O)O)CC(O)[C@@H](O)C(CCO)O1. The minimum atomic E-state index is -2.06. The number of carboxylic acids is 1. The summed E-state index contributed by atoms with van der Waals surface area (Å²) in [5.41, 5.74) is 5.24. The highest BCUT2D eigenvalue weighted by Crippen LogP contribution is 2.32. The van der Waals surface area contributed by atoms with E-state index in [1.165, 1.54) is 0 Å². The number of carbonyl (C=O) groups is 1. The summed E-state index contributed by atoms with van der Waals surface area (Å²) in [4.78, 5) is 11.4. The van der Waals surface area contributed by atoms with Crippen LogP contribution in [0.5, 0.6) is 0 Å². The molecule has 2 unspecified atom stereocenters. The van der Waals surface area contributed by atoms with Crippen molar-refractivity contribution in [2.24, 2.45) is 5.73 Å². The van der Waals surface area contributed by atoms with E-state index in [0.717, 1.165) is 0 Å². The molecule has 9 nitrogen and oxygen atoms in total. The van der Waals surface area contributed by atoms with Crippen LogP contribution in [0.2, 0.25) is 0 Å². The molecule has 21 heavy (non-hydrogen) atoms. The summed E-state index contributed by atoms with van der Waals surface area (Å²) < 4.78 is 15.6. The number of hydrogen-bond acceptors (Lipinski definition) is 8. The highest BCUT2D eigenvalue weighted by atomic mass is 16.7. The first-order valence-corrected chi connectivity index (χ1v) is 6.77. The van der Waals surface area contributed by atoms with Crippen LogP contribution in [0.1, 0.15) is 12.8 Å². The van der Waals surface area contributed by atoms with E-state index in [1.807, 2.05) is 0 Å². The second kappa shape index (κ2) is 8.59. The van der Waals surface area contributed by atoms with Gasteiger partial charge in [-0.1, -0.05) is 0 Å². The molecule has 0 aliphatic carbocycles. The summed E-state index contributed by atoms with van der Waals surface area (Å²) >= 11 is 0. The Morgan fingerprint density at radius 3 is 2.62 bits per heavy atom. The molecule has 0 aromatic heterocycles. The summed E-state index contributed by atoms with van der Waals surface area (Å²) in [5, 5.41) is 37.8. The van der Waals surface area contributed by atoms with Crippen molar-refractivity contribution in [1.82, 2.24) is 0 Å². The van der Waals surface area contributed by atoms with Crippen LogP contribution in [0.25, 0.3) is 0 Å². The zero-order valence-electron chi connectivity index (χ0n) is 11.7. The fraction of sp³-hybridized carbons (Fsp3) is 0.917. The van der Waals surface area contributed by atoms with E-state index in [4.69, 9.17) is 25.1 Å². The van der Waals surface area contributed by atoms with Gasteiger partial charge in [-0.15, -0.1) is 0 Å². The number of hydrogen-bond donors (Lipinski definition) is 5. The van der Waals surface area contributed by atoms with Crippen LogP contribution in [0.4, 0.5) is 0 Å². The van der Waals surface area contributed by atoms with Crippen molar-refractivity contribution in [2.45, 2.75) is 36.9 Å². The van der Waals surface area contributed by atoms with Gasteiger partial charge < -0.3 is 40.4 Å². The van der Waals surface area contributed by atoms with Gasteiger partial charge in [0.15, 0.2) is 0 Å². The standard InChI is InChI=1S/C12H23NO8/c13-2-4-19-5-6-20-12(11(17)18)7-8(15)10(16)9(21-12)1-3-14/h8-10,14-16H,1-7,13H2,(H,17,18)/t8?,9?,10-,12-/m1/s1. The van der Waals surface area contributed by atoms with Crippen LogP contribution in [0.15, 0.2) is 0 Å². The Morgan fingerprint density at radius 2 is 2.05 bits per heavy atom. The highest BCUT2D eigenvalue weighted by molar-refractivity contribution is 5.76. The third-order valence-electron chi connectivity index (χ3n) is 3.16. The molecule has 0 saturated carbocycles. The second-order valence-corrected chi connectivity index (χ2v) is 4.74. The predicted molar refractivity (Wildman–Crippen MR) is 69.4 cm³/mol. The molecule has 1 saturated heterocycles. The van der Waals surface area contributed by atoms with Crippen LogP contribution in [0, 0.1) is 0 Å². The maximum atomic E-state index is 11.4. The lowest BCUT2D eigenvalue weighted by Crippen LogP contribution is -2.59. The topological polar surface area (TPSA) is 152 Å². The van der Waals surface area contributed by atoms with E-state index in [9.17, 15) is 20.1 Å². The van der Waals surface area contributed by atoms with E-state index in [1.54, 1.807) is 0 Å². The number of aliphatic hydroxyl groups is 3. The molecule has 0 bridgehead atoms. The predicted octanol–water partition coefficient (Wildman–Crippen LogP) is -2.35. The first-order valence-electron chi connectivity index (χ1n) is 6.77. The maximum Gasteiger partial charge on any atom is 0.364 e. The van der Waals surface area contributed by atoms with E-state index in [-0.39, 0.29) is 26.2 Å². The van der Waals surface area contributed by atoms with E-state index in [2.05, 4.69) is 0 Å². The molecule has 6 N–H and O–H groups in total. The van der Waals surface area contributed by atoms with E-state index < -0.39 is 36.5 Å². The first-order chi connectivity index (χ1) is 9.96. The van der Waals surface area contributed by atoms with Crippen LogP contribution in [-0.2, 0) is 19.0 Å². The van der Waals surface area contributed by atoms with Crippen molar-refractivity contribution in [2.75, 3.05) is 33.0 Å². The molecule has 1 aliphatic heterocycles. The fourth-order valence-electron chi connectivity index (χ4n) is 2.11. The van der Waals surface area contributed by atoms with Gasteiger partial charge in [0, 0.05) is 19.6 Å². The van der Waals surface area contributed by atoms with Crippen molar-refractivity contribution < 1.29 is 39.4 Å². The normalized spacial score (nSPS) is 33.0. The molecule has 1 aliphatic rings. The Labute approximate surface area is 122 Å². The molecule has 4 atom stereocenters. The van der Waals surface area contributed by atoms with Gasteiger partial charge in [-0.2, -0.15) is 0 Å². The number of carboxylic acid groups (broad SMARTS) is 1. The monoisotopic (exact) mass is 309 g/mol.